The van der Waals surface area contributed by atoms with Gasteiger partial charge in [0.25, 0.3) is 0 Å². The number of carbonyl (C=O) groups excluding carboxylic acids is 1. The zero-order chi connectivity index (χ0) is 11.4. The van der Waals surface area contributed by atoms with Crippen LogP contribution in [0.5, 0.6) is 0 Å². The van der Waals surface area contributed by atoms with E-state index in [1.54, 1.807) is 12.1 Å². The highest BCUT2D eigenvalue weighted by molar-refractivity contribution is 6.35. The summed E-state index contributed by atoms with van der Waals surface area (Å²) in [5.41, 5.74) is 10.4. The topological polar surface area (TPSA) is 93.5 Å². The molecule has 0 atom stereocenters. The van der Waals surface area contributed by atoms with Crippen LogP contribution >= 0.6 is 23.2 Å². The lowest BCUT2D eigenvalue weighted by Gasteiger charge is -2.04. The van der Waals surface area contributed by atoms with Gasteiger partial charge in [-0.25, -0.2) is 4.79 Å². The van der Waals surface area contributed by atoms with Crippen molar-refractivity contribution in [3.8, 4) is 0 Å². The Hall–Kier alpha value is -1.46. The first-order valence-electron chi connectivity index (χ1n) is 3.84. The van der Waals surface area contributed by atoms with Gasteiger partial charge in [0.05, 0.1) is 10.7 Å². The Balaban J connectivity index is 2.85. The molecule has 80 valence electrons. The molecule has 0 unspecified atom stereocenters. The van der Waals surface area contributed by atoms with Crippen molar-refractivity contribution in [2.45, 2.75) is 0 Å². The average Bonchev–Trinajstić information content (AvgIpc) is 2.10. The van der Waals surface area contributed by atoms with Crippen LogP contribution in [0.4, 0.5) is 10.5 Å². The Morgan fingerprint density at radius 1 is 1.33 bits per heavy atom. The van der Waals surface area contributed by atoms with Gasteiger partial charge in [-0.2, -0.15) is 4.99 Å². The van der Waals surface area contributed by atoms with E-state index >= 15 is 0 Å². The number of rotatable bonds is 1. The SMILES string of the molecule is NC(N)=NC(=O)Nc1cc(Cl)ccc1Cl. The third-order valence-corrected chi connectivity index (χ3v) is 1.97. The summed E-state index contributed by atoms with van der Waals surface area (Å²) in [6.07, 6.45) is 0. The first kappa shape index (κ1) is 11.6. The Labute approximate surface area is 96.1 Å². The van der Waals surface area contributed by atoms with Crippen LogP contribution in [0.1, 0.15) is 0 Å². The van der Waals surface area contributed by atoms with Gasteiger partial charge in [-0.15, -0.1) is 0 Å². The van der Waals surface area contributed by atoms with E-state index in [4.69, 9.17) is 34.7 Å². The van der Waals surface area contributed by atoms with E-state index in [0.717, 1.165) is 0 Å². The molecule has 5 nitrogen and oxygen atoms in total. The molecule has 0 bridgehead atoms. The van der Waals surface area contributed by atoms with Crippen molar-refractivity contribution < 1.29 is 4.79 Å². The van der Waals surface area contributed by atoms with Gasteiger partial charge in [0, 0.05) is 5.02 Å². The largest absolute Gasteiger partial charge is 0.370 e. The van der Waals surface area contributed by atoms with Gasteiger partial charge in [-0.3, -0.25) is 0 Å². The fraction of sp³-hybridized carbons (Fsp3) is 0. The monoisotopic (exact) mass is 246 g/mol. The number of anilines is 1. The lowest BCUT2D eigenvalue weighted by Crippen LogP contribution is -2.25. The van der Waals surface area contributed by atoms with Crippen LogP contribution in [0.25, 0.3) is 0 Å². The Kier molecular flexibility index (Phi) is 3.76. The number of aliphatic imine (C=N–C) groups is 1. The second-order valence-corrected chi connectivity index (χ2v) is 3.43. The minimum atomic E-state index is -0.709. The lowest BCUT2D eigenvalue weighted by atomic mass is 10.3. The number of guanidine groups is 1. The number of amides is 2. The fourth-order valence-corrected chi connectivity index (χ4v) is 1.19. The molecule has 1 aromatic carbocycles. The molecule has 1 rings (SSSR count). The summed E-state index contributed by atoms with van der Waals surface area (Å²) >= 11 is 11.5. The zero-order valence-corrected chi connectivity index (χ0v) is 9.01. The minimum Gasteiger partial charge on any atom is -0.370 e. The summed E-state index contributed by atoms with van der Waals surface area (Å²) in [5, 5.41) is 3.17. The molecule has 0 aliphatic rings. The number of nitrogens with zero attached hydrogens (tertiary/aromatic N) is 1. The van der Waals surface area contributed by atoms with E-state index in [9.17, 15) is 4.79 Å². The van der Waals surface area contributed by atoms with Crippen molar-refractivity contribution in [1.82, 2.24) is 0 Å². The highest BCUT2D eigenvalue weighted by atomic mass is 35.5. The first-order chi connectivity index (χ1) is 6.99. The van der Waals surface area contributed by atoms with Crippen LogP contribution in [0.15, 0.2) is 23.2 Å². The van der Waals surface area contributed by atoms with E-state index in [-0.39, 0.29) is 5.96 Å². The van der Waals surface area contributed by atoms with Gasteiger partial charge in [0.15, 0.2) is 5.96 Å². The molecule has 2 amide bonds. The summed E-state index contributed by atoms with van der Waals surface area (Å²) in [7, 11) is 0. The molecule has 0 aromatic heterocycles. The molecule has 0 fully saturated rings. The number of benzene rings is 1. The Morgan fingerprint density at radius 3 is 2.60 bits per heavy atom. The standard InChI is InChI=1S/C8H8Cl2N4O/c9-4-1-2-5(10)6(3-4)13-8(15)14-7(11)12/h1-3H,(H5,11,12,13,14,15). The first-order valence-corrected chi connectivity index (χ1v) is 4.60. The maximum Gasteiger partial charge on any atom is 0.348 e. The Bertz CT molecular complexity index is 415. The molecule has 1 aromatic rings. The van der Waals surface area contributed by atoms with Gasteiger partial charge >= 0.3 is 6.03 Å². The summed E-state index contributed by atoms with van der Waals surface area (Å²) in [4.78, 5) is 14.4. The quantitative estimate of drug-likeness (QED) is 0.521. The molecular formula is C8H8Cl2N4O. The maximum absolute atomic E-state index is 11.1. The molecule has 7 heteroatoms. The molecular weight excluding hydrogens is 239 g/mol. The maximum atomic E-state index is 11.1. The van der Waals surface area contributed by atoms with Crippen molar-refractivity contribution in [3.63, 3.8) is 0 Å². The van der Waals surface area contributed by atoms with Gasteiger partial charge in [0.2, 0.25) is 0 Å². The molecule has 5 N–H and O–H groups in total. The third-order valence-electron chi connectivity index (χ3n) is 1.40. The number of urea groups is 1. The van der Waals surface area contributed by atoms with Gasteiger partial charge < -0.3 is 16.8 Å². The van der Waals surface area contributed by atoms with E-state index in [0.29, 0.717) is 15.7 Å². The minimum absolute atomic E-state index is 0.328. The van der Waals surface area contributed by atoms with Crippen molar-refractivity contribution in [1.29, 1.82) is 0 Å². The highest BCUT2D eigenvalue weighted by Crippen LogP contribution is 2.25. The number of hydrogen-bond donors (Lipinski definition) is 3. The van der Waals surface area contributed by atoms with Crippen molar-refractivity contribution in [2.75, 3.05) is 5.32 Å². The number of nitrogens with two attached hydrogens (primary N) is 2. The second-order valence-electron chi connectivity index (χ2n) is 2.59. The smallest absolute Gasteiger partial charge is 0.348 e. The van der Waals surface area contributed by atoms with Crippen molar-refractivity contribution in [3.05, 3.63) is 28.2 Å². The van der Waals surface area contributed by atoms with Crippen LogP contribution < -0.4 is 16.8 Å². The van der Waals surface area contributed by atoms with Gasteiger partial charge in [-0.05, 0) is 18.2 Å². The zero-order valence-electron chi connectivity index (χ0n) is 7.50. The van der Waals surface area contributed by atoms with Crippen LogP contribution in [0, 0.1) is 0 Å². The lowest BCUT2D eigenvalue weighted by molar-refractivity contribution is 0.259. The molecule has 0 aliphatic heterocycles. The van der Waals surface area contributed by atoms with E-state index < -0.39 is 6.03 Å². The van der Waals surface area contributed by atoms with E-state index in [2.05, 4.69) is 10.3 Å². The number of carbonyl (C=O) groups is 1. The molecule has 0 aliphatic carbocycles. The van der Waals surface area contributed by atoms with E-state index in [1.165, 1.54) is 6.07 Å². The summed E-state index contributed by atoms with van der Waals surface area (Å²) < 4.78 is 0. The molecule has 0 saturated heterocycles. The summed E-state index contributed by atoms with van der Waals surface area (Å²) in [6, 6.07) is 3.93. The predicted octanol–water partition coefficient (Wildman–Crippen LogP) is 1.80. The van der Waals surface area contributed by atoms with Gasteiger partial charge in [0.1, 0.15) is 0 Å². The molecule has 0 radical (unpaired) electrons. The van der Waals surface area contributed by atoms with Crippen LogP contribution in [0.3, 0.4) is 0 Å². The molecule has 15 heavy (non-hydrogen) atoms. The summed E-state index contributed by atoms with van der Waals surface area (Å²) in [5.74, 6) is -0.328. The highest BCUT2D eigenvalue weighted by Gasteiger charge is 2.05. The predicted molar refractivity (Wildman–Crippen MR) is 61.3 cm³/mol. The summed E-state index contributed by atoms with van der Waals surface area (Å²) in [6.45, 7) is 0. The van der Waals surface area contributed by atoms with Crippen molar-refractivity contribution in [2.24, 2.45) is 16.5 Å². The van der Waals surface area contributed by atoms with Crippen LogP contribution in [0.2, 0.25) is 10.0 Å². The number of hydrogen-bond acceptors (Lipinski definition) is 1. The number of halogens is 2. The second kappa shape index (κ2) is 4.86. The third kappa shape index (κ3) is 3.65. The van der Waals surface area contributed by atoms with E-state index in [1.807, 2.05) is 0 Å². The van der Waals surface area contributed by atoms with Crippen molar-refractivity contribution >= 4 is 40.9 Å². The van der Waals surface area contributed by atoms with Gasteiger partial charge in [-0.1, -0.05) is 23.2 Å². The molecule has 0 heterocycles. The molecule has 0 spiro atoms. The average molecular weight is 247 g/mol. The fourth-order valence-electron chi connectivity index (χ4n) is 0.854. The molecule has 0 saturated carbocycles. The number of nitrogens with one attached hydrogen (secondary N) is 1. The Morgan fingerprint density at radius 2 is 2.00 bits per heavy atom. The normalized spacial score (nSPS) is 9.47. The van der Waals surface area contributed by atoms with Crippen LogP contribution in [-0.2, 0) is 0 Å². The van der Waals surface area contributed by atoms with Crippen LogP contribution in [-0.4, -0.2) is 12.0 Å².